The van der Waals surface area contributed by atoms with E-state index in [1.54, 1.807) is 24.4 Å². The van der Waals surface area contributed by atoms with E-state index in [0.29, 0.717) is 23.8 Å². The van der Waals surface area contributed by atoms with Gasteiger partial charge in [0.25, 0.3) is 0 Å². The number of aromatic nitrogens is 1. The van der Waals surface area contributed by atoms with E-state index in [9.17, 15) is 8.78 Å². The van der Waals surface area contributed by atoms with Crippen LogP contribution in [-0.4, -0.2) is 11.0 Å². The molecule has 0 amide bonds. The lowest BCUT2D eigenvalue weighted by Crippen LogP contribution is -2.15. The first-order chi connectivity index (χ1) is 10.2. The highest BCUT2D eigenvalue weighted by molar-refractivity contribution is 5.31. The molecule has 1 aliphatic rings. The molecule has 1 aromatic heterocycles. The van der Waals surface area contributed by atoms with Crippen molar-refractivity contribution in [2.24, 2.45) is 0 Å². The number of ether oxygens (including phenoxy) is 1. The van der Waals surface area contributed by atoms with Crippen molar-refractivity contribution < 1.29 is 13.5 Å². The van der Waals surface area contributed by atoms with E-state index in [0.717, 1.165) is 12.8 Å². The van der Waals surface area contributed by atoms with Gasteiger partial charge in [-0.25, -0.2) is 8.78 Å². The second-order valence-corrected chi connectivity index (χ2v) is 5.15. The van der Waals surface area contributed by atoms with Crippen LogP contribution in [0, 0.1) is 11.6 Å². The highest BCUT2D eigenvalue weighted by Gasteiger charge is 2.20. The highest BCUT2D eigenvalue weighted by atomic mass is 19.1. The molecule has 1 fully saturated rings. The lowest BCUT2D eigenvalue weighted by Gasteiger charge is -2.10. The van der Waals surface area contributed by atoms with E-state index in [-0.39, 0.29) is 12.4 Å². The zero-order chi connectivity index (χ0) is 14.7. The molecular formula is C16H16F2N2O. The molecule has 0 radical (unpaired) electrons. The van der Waals surface area contributed by atoms with Crippen LogP contribution in [0.3, 0.4) is 0 Å². The number of rotatable bonds is 6. The van der Waals surface area contributed by atoms with Crippen molar-refractivity contribution in [3.05, 3.63) is 59.4 Å². The Morgan fingerprint density at radius 2 is 1.95 bits per heavy atom. The predicted molar refractivity (Wildman–Crippen MR) is 74.8 cm³/mol. The molecule has 2 aromatic rings. The summed E-state index contributed by atoms with van der Waals surface area (Å²) in [6.07, 6.45) is 3.88. The fourth-order valence-electron chi connectivity index (χ4n) is 2.03. The fraction of sp³-hybridized carbons (Fsp3) is 0.312. The number of hydrogen-bond donors (Lipinski definition) is 1. The Labute approximate surface area is 122 Å². The maximum absolute atomic E-state index is 13.9. The Bertz CT molecular complexity index is 592. The quantitative estimate of drug-likeness (QED) is 0.887. The van der Waals surface area contributed by atoms with Crippen LogP contribution in [0.1, 0.15) is 24.1 Å². The molecule has 21 heavy (non-hydrogen) atoms. The smallest absolute Gasteiger partial charge is 0.191 e. The van der Waals surface area contributed by atoms with Crippen LogP contribution in [0.5, 0.6) is 5.75 Å². The lowest BCUT2D eigenvalue weighted by molar-refractivity contribution is 0.270. The molecule has 0 spiro atoms. The monoisotopic (exact) mass is 290 g/mol. The molecule has 1 aliphatic carbocycles. The molecule has 1 saturated carbocycles. The third kappa shape index (κ3) is 3.76. The van der Waals surface area contributed by atoms with Crippen LogP contribution >= 0.6 is 0 Å². The number of nitrogens with zero attached hydrogens (tertiary/aromatic N) is 1. The summed E-state index contributed by atoms with van der Waals surface area (Å²) in [6.45, 7) is 0.507. The molecule has 0 bridgehead atoms. The van der Waals surface area contributed by atoms with Crippen LogP contribution in [0.25, 0.3) is 0 Å². The summed E-state index contributed by atoms with van der Waals surface area (Å²) in [7, 11) is 0. The van der Waals surface area contributed by atoms with Crippen molar-refractivity contribution in [2.45, 2.75) is 32.0 Å². The maximum Gasteiger partial charge on any atom is 0.191 e. The SMILES string of the molecule is Fc1cc(CNC2CC2)cc(F)c1OCc1ccccn1. The van der Waals surface area contributed by atoms with Crippen LogP contribution in [0.4, 0.5) is 8.78 Å². The second-order valence-electron chi connectivity index (χ2n) is 5.15. The van der Waals surface area contributed by atoms with Crippen molar-refractivity contribution in [1.29, 1.82) is 0 Å². The average molecular weight is 290 g/mol. The molecular weight excluding hydrogens is 274 g/mol. The van der Waals surface area contributed by atoms with Crippen LogP contribution in [0.2, 0.25) is 0 Å². The minimum Gasteiger partial charge on any atom is -0.481 e. The Balaban J connectivity index is 1.66. The van der Waals surface area contributed by atoms with Crippen molar-refractivity contribution in [1.82, 2.24) is 10.3 Å². The first-order valence-electron chi connectivity index (χ1n) is 6.96. The van der Waals surface area contributed by atoms with Gasteiger partial charge >= 0.3 is 0 Å². The second kappa shape index (κ2) is 6.18. The summed E-state index contributed by atoms with van der Waals surface area (Å²) < 4.78 is 33.1. The molecule has 0 aliphatic heterocycles. The van der Waals surface area contributed by atoms with Gasteiger partial charge in [-0.1, -0.05) is 6.07 Å². The Morgan fingerprint density at radius 1 is 1.19 bits per heavy atom. The van der Waals surface area contributed by atoms with Crippen LogP contribution in [0.15, 0.2) is 36.5 Å². The molecule has 3 nitrogen and oxygen atoms in total. The van der Waals surface area contributed by atoms with Gasteiger partial charge in [0.15, 0.2) is 17.4 Å². The summed E-state index contributed by atoms with van der Waals surface area (Å²) >= 11 is 0. The average Bonchev–Trinajstić information content (AvgIpc) is 3.29. The Kier molecular flexibility index (Phi) is 4.10. The highest BCUT2D eigenvalue weighted by Crippen LogP contribution is 2.25. The van der Waals surface area contributed by atoms with Crippen molar-refractivity contribution >= 4 is 0 Å². The topological polar surface area (TPSA) is 34.1 Å². The normalized spacial score (nSPS) is 14.2. The van der Waals surface area contributed by atoms with Crippen molar-refractivity contribution in [3.63, 3.8) is 0 Å². The first-order valence-corrected chi connectivity index (χ1v) is 6.96. The predicted octanol–water partition coefficient (Wildman–Crippen LogP) is 3.19. The summed E-state index contributed by atoms with van der Waals surface area (Å²) in [5.41, 5.74) is 1.21. The Hall–Kier alpha value is -2.01. The van der Waals surface area contributed by atoms with Crippen molar-refractivity contribution in [2.75, 3.05) is 0 Å². The molecule has 110 valence electrons. The summed E-state index contributed by atoms with van der Waals surface area (Å²) in [6, 6.07) is 8.43. The maximum atomic E-state index is 13.9. The summed E-state index contributed by atoms with van der Waals surface area (Å²) in [5.74, 6) is -1.71. The van der Waals surface area contributed by atoms with Crippen molar-refractivity contribution in [3.8, 4) is 5.75 Å². The molecule has 0 atom stereocenters. The van der Waals surface area contributed by atoms with Gasteiger partial charge in [-0.3, -0.25) is 4.98 Å². The molecule has 5 heteroatoms. The number of hydrogen-bond acceptors (Lipinski definition) is 3. The number of pyridine rings is 1. The van der Waals surface area contributed by atoms with E-state index < -0.39 is 11.6 Å². The van der Waals surface area contributed by atoms with Crippen LogP contribution < -0.4 is 10.1 Å². The largest absolute Gasteiger partial charge is 0.481 e. The molecule has 1 heterocycles. The first kappa shape index (κ1) is 13.9. The molecule has 1 N–H and O–H groups in total. The summed E-state index contributed by atoms with van der Waals surface area (Å²) in [4.78, 5) is 4.05. The van der Waals surface area contributed by atoms with E-state index in [1.807, 2.05) is 0 Å². The minimum absolute atomic E-state index is 0.0361. The van der Waals surface area contributed by atoms with Gasteiger partial charge in [0, 0.05) is 18.8 Å². The van der Waals surface area contributed by atoms with E-state index >= 15 is 0 Å². The minimum atomic E-state index is -0.682. The lowest BCUT2D eigenvalue weighted by atomic mass is 10.2. The van der Waals surface area contributed by atoms with Gasteiger partial charge in [0.05, 0.1) is 5.69 Å². The molecule has 3 rings (SSSR count). The molecule has 1 aromatic carbocycles. The van der Waals surface area contributed by atoms with Gasteiger partial charge in [-0.15, -0.1) is 0 Å². The molecule has 0 unspecified atom stereocenters. The van der Waals surface area contributed by atoms with Gasteiger partial charge in [0.2, 0.25) is 0 Å². The van der Waals surface area contributed by atoms with Crippen LogP contribution in [-0.2, 0) is 13.2 Å². The number of halogens is 2. The fourth-order valence-corrected chi connectivity index (χ4v) is 2.03. The molecule has 0 saturated heterocycles. The van der Waals surface area contributed by atoms with Gasteiger partial charge in [0.1, 0.15) is 6.61 Å². The van der Waals surface area contributed by atoms with Gasteiger partial charge in [-0.2, -0.15) is 0 Å². The third-order valence-corrected chi connectivity index (χ3v) is 3.32. The van der Waals surface area contributed by atoms with E-state index in [4.69, 9.17) is 4.74 Å². The van der Waals surface area contributed by atoms with E-state index in [1.165, 1.54) is 12.1 Å². The number of benzene rings is 1. The zero-order valence-corrected chi connectivity index (χ0v) is 11.5. The zero-order valence-electron chi connectivity index (χ0n) is 11.5. The van der Waals surface area contributed by atoms with E-state index in [2.05, 4.69) is 10.3 Å². The van der Waals surface area contributed by atoms with Gasteiger partial charge < -0.3 is 10.1 Å². The number of nitrogens with one attached hydrogen (secondary N) is 1. The third-order valence-electron chi connectivity index (χ3n) is 3.32. The standard InChI is InChI=1S/C16H16F2N2O/c17-14-7-11(9-20-12-4-5-12)8-15(18)16(14)21-10-13-3-1-2-6-19-13/h1-3,6-8,12,20H,4-5,9-10H2. The van der Waals surface area contributed by atoms with Gasteiger partial charge in [-0.05, 0) is 42.7 Å². The Morgan fingerprint density at radius 3 is 2.57 bits per heavy atom. The summed E-state index contributed by atoms with van der Waals surface area (Å²) in [5, 5.41) is 3.22.